The zero-order valence-corrected chi connectivity index (χ0v) is 25.4. The molecule has 9 heteroatoms. The number of methoxy groups -OCH3 is 1. The molecule has 224 valence electrons. The highest BCUT2D eigenvalue weighted by atomic mass is 35.5. The summed E-state index contributed by atoms with van der Waals surface area (Å²) >= 11 is 0. The maximum atomic E-state index is 13.0. The monoisotopic (exact) mass is 569 g/mol. The molecule has 0 saturated heterocycles. The molecule has 1 fully saturated rings. The molecule has 1 aromatic carbocycles. The minimum absolute atomic E-state index is 0. The molecular weight excluding hydrogens is 518 g/mol. The summed E-state index contributed by atoms with van der Waals surface area (Å²) in [4.78, 5) is 25.8. The van der Waals surface area contributed by atoms with Crippen LogP contribution < -0.4 is 21.1 Å². The smallest absolute Gasteiger partial charge is 0.257 e. The van der Waals surface area contributed by atoms with Gasteiger partial charge in [-0.05, 0) is 62.5 Å². The lowest BCUT2D eigenvalue weighted by Crippen LogP contribution is -2.45. The number of aliphatic hydroxyl groups is 1. The Morgan fingerprint density at radius 2 is 1.77 bits per heavy atom. The van der Waals surface area contributed by atoms with Gasteiger partial charge in [-0.3, -0.25) is 9.59 Å². The molecule has 0 radical (unpaired) electrons. The van der Waals surface area contributed by atoms with Crippen LogP contribution in [0.4, 0.5) is 0 Å². The highest BCUT2D eigenvalue weighted by molar-refractivity contribution is 5.97. The van der Waals surface area contributed by atoms with Crippen LogP contribution in [0, 0.1) is 23.2 Å². The standard InChI is InChI=1S/C30H51N3O5.ClH/c1-21(2)25(20-23(31)16-17-32-29(36)30(3,4)22-12-6-7-13-22)28(35)33-27(34)24-14-8-9-15-26(24)38-19-11-10-18-37-5;/h8-9,14-15,21-23,25,28,35H,6-7,10-13,16-20,31H2,1-5H3,(H,32,36)(H,33,34);1H/t23-,25+,28?;/m1./s1. The van der Waals surface area contributed by atoms with Crippen LogP contribution >= 0.6 is 12.4 Å². The third-order valence-corrected chi connectivity index (χ3v) is 8.01. The second kappa shape index (κ2) is 17.7. The number of ether oxygens (including phenoxy) is 2. The van der Waals surface area contributed by atoms with Crippen molar-refractivity contribution in [1.82, 2.24) is 10.6 Å². The summed E-state index contributed by atoms with van der Waals surface area (Å²) in [7, 11) is 1.67. The zero-order chi connectivity index (χ0) is 28.1. The van der Waals surface area contributed by atoms with Gasteiger partial charge in [0.25, 0.3) is 5.91 Å². The Morgan fingerprint density at radius 1 is 1.13 bits per heavy atom. The van der Waals surface area contributed by atoms with E-state index in [0.717, 1.165) is 25.7 Å². The number of para-hydroxylation sites is 1. The van der Waals surface area contributed by atoms with Crippen molar-refractivity contribution in [3.63, 3.8) is 0 Å². The van der Waals surface area contributed by atoms with Crippen LogP contribution in [-0.4, -0.2) is 56.1 Å². The summed E-state index contributed by atoms with van der Waals surface area (Å²) in [6, 6.07) is 6.83. The quantitative estimate of drug-likeness (QED) is 0.160. The second-order valence-electron chi connectivity index (χ2n) is 11.6. The van der Waals surface area contributed by atoms with E-state index in [2.05, 4.69) is 10.6 Å². The van der Waals surface area contributed by atoms with Crippen LogP contribution in [0.15, 0.2) is 24.3 Å². The van der Waals surface area contributed by atoms with Crippen molar-refractivity contribution in [1.29, 1.82) is 0 Å². The van der Waals surface area contributed by atoms with Gasteiger partial charge in [0.1, 0.15) is 12.0 Å². The molecule has 1 saturated carbocycles. The number of carbonyl (C=O) groups is 2. The number of nitrogens with two attached hydrogens (primary N) is 1. The Balaban J connectivity index is 0.00000760. The van der Waals surface area contributed by atoms with Gasteiger partial charge < -0.3 is 30.9 Å². The highest BCUT2D eigenvalue weighted by Crippen LogP contribution is 2.39. The molecule has 1 unspecified atom stereocenters. The molecule has 39 heavy (non-hydrogen) atoms. The summed E-state index contributed by atoms with van der Waals surface area (Å²) in [5.41, 5.74) is 6.44. The number of halogens is 1. The number of amides is 2. The molecule has 0 spiro atoms. The molecular formula is C30H52ClN3O5. The summed E-state index contributed by atoms with van der Waals surface area (Å²) in [5, 5.41) is 16.8. The number of unbranched alkanes of at least 4 members (excludes halogenated alkanes) is 1. The van der Waals surface area contributed by atoms with E-state index >= 15 is 0 Å². The Labute approximate surface area is 241 Å². The molecule has 3 atom stereocenters. The van der Waals surface area contributed by atoms with Crippen LogP contribution in [-0.2, 0) is 9.53 Å². The van der Waals surface area contributed by atoms with Crippen molar-refractivity contribution < 1.29 is 24.2 Å². The van der Waals surface area contributed by atoms with Crippen molar-refractivity contribution in [2.24, 2.45) is 28.9 Å². The lowest BCUT2D eigenvalue weighted by molar-refractivity contribution is -0.132. The normalized spacial score (nSPS) is 16.3. The topological polar surface area (TPSA) is 123 Å². The first-order valence-electron chi connectivity index (χ1n) is 14.3. The summed E-state index contributed by atoms with van der Waals surface area (Å²) in [5.74, 6) is 0.492. The van der Waals surface area contributed by atoms with Crippen molar-refractivity contribution in [2.75, 3.05) is 26.9 Å². The van der Waals surface area contributed by atoms with Crippen molar-refractivity contribution >= 4 is 24.2 Å². The average Bonchev–Trinajstić information content (AvgIpc) is 3.43. The number of hydrogen-bond donors (Lipinski definition) is 4. The van der Waals surface area contributed by atoms with E-state index in [1.807, 2.05) is 33.8 Å². The highest BCUT2D eigenvalue weighted by Gasteiger charge is 2.38. The molecule has 1 aliphatic rings. The van der Waals surface area contributed by atoms with E-state index in [1.165, 1.54) is 12.8 Å². The van der Waals surface area contributed by atoms with Gasteiger partial charge in [-0.15, -0.1) is 12.4 Å². The fraction of sp³-hybridized carbons (Fsp3) is 0.733. The van der Waals surface area contributed by atoms with Crippen molar-refractivity contribution in [3.8, 4) is 5.75 Å². The Bertz CT molecular complexity index is 861. The Morgan fingerprint density at radius 3 is 2.41 bits per heavy atom. The maximum absolute atomic E-state index is 13.0. The number of aliphatic hydroxyl groups excluding tert-OH is 1. The van der Waals surface area contributed by atoms with Gasteiger partial charge in [0.15, 0.2) is 0 Å². The second-order valence-corrected chi connectivity index (χ2v) is 11.6. The molecule has 1 aromatic rings. The molecule has 2 amide bonds. The van der Waals surface area contributed by atoms with Crippen LogP contribution in [0.25, 0.3) is 0 Å². The number of rotatable bonds is 17. The molecule has 1 aliphatic carbocycles. The lowest BCUT2D eigenvalue weighted by Gasteiger charge is -2.31. The van der Waals surface area contributed by atoms with Gasteiger partial charge in [0.05, 0.1) is 12.2 Å². The maximum Gasteiger partial charge on any atom is 0.257 e. The average molecular weight is 570 g/mol. The van der Waals surface area contributed by atoms with E-state index < -0.39 is 6.23 Å². The van der Waals surface area contributed by atoms with Gasteiger partial charge >= 0.3 is 0 Å². The molecule has 0 heterocycles. The Kier molecular flexibility index (Phi) is 16.0. The summed E-state index contributed by atoms with van der Waals surface area (Å²) in [6.45, 7) is 9.74. The number of carbonyl (C=O) groups excluding carboxylic acids is 2. The summed E-state index contributed by atoms with van der Waals surface area (Å²) in [6.07, 6.45) is 6.41. The minimum Gasteiger partial charge on any atom is -0.493 e. The number of hydrogen-bond acceptors (Lipinski definition) is 6. The van der Waals surface area contributed by atoms with E-state index in [1.54, 1.807) is 25.3 Å². The summed E-state index contributed by atoms with van der Waals surface area (Å²) < 4.78 is 10.9. The predicted molar refractivity (Wildman–Crippen MR) is 158 cm³/mol. The molecule has 5 N–H and O–H groups in total. The largest absolute Gasteiger partial charge is 0.493 e. The van der Waals surface area contributed by atoms with Crippen LogP contribution in [0.2, 0.25) is 0 Å². The van der Waals surface area contributed by atoms with Gasteiger partial charge in [0.2, 0.25) is 5.91 Å². The fourth-order valence-corrected chi connectivity index (χ4v) is 5.29. The first kappa shape index (κ1) is 35.2. The zero-order valence-electron chi connectivity index (χ0n) is 24.5. The van der Waals surface area contributed by atoms with Crippen LogP contribution in [0.3, 0.4) is 0 Å². The van der Waals surface area contributed by atoms with Gasteiger partial charge in [-0.2, -0.15) is 0 Å². The molecule has 0 aliphatic heterocycles. The first-order valence-corrected chi connectivity index (χ1v) is 14.3. The number of nitrogens with one attached hydrogen (secondary N) is 2. The van der Waals surface area contributed by atoms with Crippen LogP contribution in [0.5, 0.6) is 5.75 Å². The third kappa shape index (κ3) is 11.3. The van der Waals surface area contributed by atoms with E-state index in [0.29, 0.717) is 49.8 Å². The van der Waals surface area contributed by atoms with Gasteiger partial charge in [0, 0.05) is 37.6 Å². The lowest BCUT2D eigenvalue weighted by atomic mass is 9.77. The van der Waals surface area contributed by atoms with Crippen molar-refractivity contribution in [2.45, 2.75) is 91.3 Å². The fourth-order valence-electron chi connectivity index (χ4n) is 5.29. The first-order chi connectivity index (χ1) is 18.1. The van der Waals surface area contributed by atoms with Crippen LogP contribution in [0.1, 0.15) is 89.4 Å². The molecule has 0 bridgehead atoms. The van der Waals surface area contributed by atoms with E-state index in [9.17, 15) is 14.7 Å². The van der Waals surface area contributed by atoms with E-state index in [-0.39, 0.29) is 47.5 Å². The molecule has 2 rings (SSSR count). The number of benzene rings is 1. The van der Waals surface area contributed by atoms with Gasteiger partial charge in [-0.25, -0.2) is 0 Å². The SMILES string of the molecule is COCCCCOc1ccccc1C(=O)NC(O)[C@@H](C[C@H](N)CCNC(=O)C(C)(C)C1CCCC1)C(C)C.Cl. The Hall–Kier alpha value is -1.87. The molecule has 0 aromatic heterocycles. The molecule has 8 nitrogen and oxygen atoms in total. The van der Waals surface area contributed by atoms with Crippen molar-refractivity contribution in [3.05, 3.63) is 29.8 Å². The predicted octanol–water partition coefficient (Wildman–Crippen LogP) is 4.67. The minimum atomic E-state index is -1.06. The van der Waals surface area contributed by atoms with Gasteiger partial charge in [-0.1, -0.05) is 52.7 Å². The van der Waals surface area contributed by atoms with E-state index in [4.69, 9.17) is 15.2 Å². The third-order valence-electron chi connectivity index (χ3n) is 8.01.